The number of methoxy groups -OCH3 is 1. The molecule has 10 heteroatoms. The minimum Gasteiger partial charge on any atom is -0.491 e. The molecule has 1 aromatic carbocycles. The number of carbonyl (C=O) groups is 3. The molecule has 2 aliphatic rings. The lowest BCUT2D eigenvalue weighted by atomic mass is 10.1. The monoisotopic (exact) mass is 408 g/mol. The van der Waals surface area contributed by atoms with E-state index in [2.05, 4.69) is 10.6 Å². The summed E-state index contributed by atoms with van der Waals surface area (Å²) in [6.07, 6.45) is 0.705. The first kappa shape index (κ1) is 21.0. The van der Waals surface area contributed by atoms with Gasteiger partial charge in [-0.25, -0.2) is 4.39 Å². The highest BCUT2D eigenvalue weighted by Crippen LogP contribution is 2.24. The van der Waals surface area contributed by atoms with Gasteiger partial charge in [-0.3, -0.25) is 14.4 Å². The van der Waals surface area contributed by atoms with E-state index in [1.54, 1.807) is 4.90 Å². The van der Waals surface area contributed by atoms with Crippen LogP contribution in [0.15, 0.2) is 18.2 Å². The molecule has 0 saturated carbocycles. The van der Waals surface area contributed by atoms with Crippen molar-refractivity contribution in [2.75, 3.05) is 33.4 Å². The average molecular weight is 408 g/mol. The number of nitrogens with one attached hydrogen (secondary N) is 2. The van der Waals surface area contributed by atoms with Gasteiger partial charge >= 0.3 is 0 Å². The molecule has 3 rings (SSSR count). The molecule has 4 N–H and O–H groups in total. The summed E-state index contributed by atoms with van der Waals surface area (Å²) < 4.78 is 24.2. The highest BCUT2D eigenvalue weighted by Gasteiger charge is 2.38. The maximum atomic E-state index is 13.6. The molecular formula is C19H25FN4O5. The molecule has 2 heterocycles. The van der Waals surface area contributed by atoms with E-state index in [0.717, 1.165) is 6.07 Å². The van der Waals surface area contributed by atoms with Crippen LogP contribution >= 0.6 is 0 Å². The predicted octanol–water partition coefficient (Wildman–Crippen LogP) is -0.603. The topological polar surface area (TPSA) is 123 Å². The average Bonchev–Trinajstić information content (AvgIpc) is 3.07. The Hall–Kier alpha value is -2.72. The first-order valence-corrected chi connectivity index (χ1v) is 9.44. The fraction of sp³-hybridized carbons (Fsp3) is 0.526. The Labute approximate surface area is 167 Å². The third-order valence-electron chi connectivity index (χ3n) is 5.01. The minimum absolute atomic E-state index is 0.0716. The quantitative estimate of drug-likeness (QED) is 0.614. The Morgan fingerprint density at radius 3 is 3.00 bits per heavy atom. The van der Waals surface area contributed by atoms with Gasteiger partial charge in [0, 0.05) is 26.2 Å². The molecule has 0 aliphatic carbocycles. The highest BCUT2D eigenvalue weighted by atomic mass is 19.1. The van der Waals surface area contributed by atoms with Gasteiger partial charge in [0.2, 0.25) is 11.8 Å². The molecule has 29 heavy (non-hydrogen) atoms. The molecule has 0 bridgehead atoms. The Balaban J connectivity index is 1.81. The molecule has 3 amide bonds. The lowest BCUT2D eigenvalue weighted by molar-refractivity contribution is -0.134. The first-order valence-electron chi connectivity index (χ1n) is 9.44. The summed E-state index contributed by atoms with van der Waals surface area (Å²) in [6.45, 7) is 0.478. The van der Waals surface area contributed by atoms with Gasteiger partial charge in [-0.2, -0.15) is 0 Å². The number of hydrogen-bond acceptors (Lipinski definition) is 6. The molecule has 158 valence electrons. The maximum absolute atomic E-state index is 13.6. The van der Waals surface area contributed by atoms with E-state index in [0.29, 0.717) is 13.0 Å². The van der Waals surface area contributed by atoms with Gasteiger partial charge in [-0.05, 0) is 31.0 Å². The molecule has 1 aromatic rings. The molecule has 0 aromatic heterocycles. The predicted molar refractivity (Wildman–Crippen MR) is 101 cm³/mol. The lowest BCUT2D eigenvalue weighted by Crippen LogP contribution is -2.49. The van der Waals surface area contributed by atoms with Crippen molar-refractivity contribution in [2.24, 2.45) is 5.73 Å². The van der Waals surface area contributed by atoms with Crippen molar-refractivity contribution in [1.82, 2.24) is 15.5 Å². The van der Waals surface area contributed by atoms with Crippen molar-refractivity contribution in [3.63, 3.8) is 0 Å². The summed E-state index contributed by atoms with van der Waals surface area (Å²) in [7, 11) is 1.43. The second-order valence-corrected chi connectivity index (χ2v) is 7.18. The van der Waals surface area contributed by atoms with Gasteiger partial charge in [-0.1, -0.05) is 0 Å². The summed E-state index contributed by atoms with van der Waals surface area (Å²) >= 11 is 0. The molecule has 3 atom stereocenters. The van der Waals surface area contributed by atoms with E-state index in [4.69, 9.17) is 15.2 Å². The van der Waals surface area contributed by atoms with Crippen molar-refractivity contribution < 1.29 is 28.2 Å². The van der Waals surface area contributed by atoms with Crippen molar-refractivity contribution in [3.8, 4) is 5.75 Å². The van der Waals surface area contributed by atoms with Gasteiger partial charge in [0.15, 0.2) is 0 Å². The van der Waals surface area contributed by atoms with E-state index in [1.165, 1.54) is 19.2 Å². The Morgan fingerprint density at radius 2 is 2.24 bits per heavy atom. The van der Waals surface area contributed by atoms with E-state index < -0.39 is 17.8 Å². The molecule has 0 radical (unpaired) electrons. The van der Waals surface area contributed by atoms with Gasteiger partial charge in [0.1, 0.15) is 24.8 Å². The molecule has 9 nitrogen and oxygen atoms in total. The SMILES string of the molecule is COCC(=O)N[C@H]1C[C@H]2COc3ccc(F)cc3C(=O)NCC[C@H](N)C(=O)N2C1. The van der Waals surface area contributed by atoms with Crippen LogP contribution in [0.3, 0.4) is 0 Å². The number of ether oxygens (including phenoxy) is 2. The third-order valence-corrected chi connectivity index (χ3v) is 5.01. The van der Waals surface area contributed by atoms with E-state index in [9.17, 15) is 18.8 Å². The normalized spacial score (nSPS) is 25.1. The number of amides is 3. The fourth-order valence-electron chi connectivity index (χ4n) is 3.61. The summed E-state index contributed by atoms with van der Waals surface area (Å²) in [5.74, 6) is -1.36. The molecule has 2 aliphatic heterocycles. The van der Waals surface area contributed by atoms with Crippen molar-refractivity contribution in [3.05, 3.63) is 29.6 Å². The van der Waals surface area contributed by atoms with Crippen molar-refractivity contribution >= 4 is 17.7 Å². The fourth-order valence-corrected chi connectivity index (χ4v) is 3.61. The van der Waals surface area contributed by atoms with Crippen LogP contribution < -0.4 is 21.1 Å². The van der Waals surface area contributed by atoms with Crippen LogP contribution in [0.1, 0.15) is 23.2 Å². The second-order valence-electron chi connectivity index (χ2n) is 7.18. The van der Waals surface area contributed by atoms with Crippen molar-refractivity contribution in [1.29, 1.82) is 0 Å². The maximum Gasteiger partial charge on any atom is 0.255 e. The standard InChI is InChI=1S/C19H25FN4O5/c1-28-10-17(25)23-12-7-13-9-29-16-3-2-11(20)6-14(16)18(26)22-5-4-15(21)19(27)24(13)8-12/h2-3,6,12-13,15H,4-5,7-10,21H2,1H3,(H,22,26)(H,23,25)/t12-,13-,15-/m0/s1. The zero-order valence-corrected chi connectivity index (χ0v) is 16.2. The van der Waals surface area contributed by atoms with Crippen LogP contribution in [0.2, 0.25) is 0 Å². The first-order chi connectivity index (χ1) is 13.9. The molecular weight excluding hydrogens is 383 g/mol. The van der Waals surface area contributed by atoms with E-state index in [1.807, 2.05) is 0 Å². The summed E-state index contributed by atoms with van der Waals surface area (Å²) in [6, 6.07) is 2.29. The van der Waals surface area contributed by atoms with Gasteiger partial charge in [0.05, 0.1) is 17.6 Å². The van der Waals surface area contributed by atoms with Gasteiger partial charge < -0.3 is 30.7 Å². The zero-order valence-electron chi connectivity index (χ0n) is 16.2. The Bertz CT molecular complexity index is 790. The number of benzene rings is 1. The summed E-state index contributed by atoms with van der Waals surface area (Å²) in [5, 5.41) is 5.47. The minimum atomic E-state index is -0.808. The number of fused-ring (bicyclic) bond motifs is 2. The summed E-state index contributed by atoms with van der Waals surface area (Å²) in [4.78, 5) is 38.6. The highest BCUT2D eigenvalue weighted by molar-refractivity contribution is 5.97. The van der Waals surface area contributed by atoms with Gasteiger partial charge in [0.25, 0.3) is 5.91 Å². The van der Waals surface area contributed by atoms with Crippen LogP contribution in [0.5, 0.6) is 5.75 Å². The number of rotatable bonds is 3. The van der Waals surface area contributed by atoms with Crippen molar-refractivity contribution in [2.45, 2.75) is 31.0 Å². The number of halogens is 1. The Morgan fingerprint density at radius 1 is 1.45 bits per heavy atom. The van der Waals surface area contributed by atoms with Crippen LogP contribution in [-0.2, 0) is 14.3 Å². The van der Waals surface area contributed by atoms with Gasteiger partial charge in [-0.15, -0.1) is 0 Å². The number of carbonyl (C=O) groups excluding carboxylic acids is 3. The van der Waals surface area contributed by atoms with Crippen LogP contribution in [0.4, 0.5) is 4.39 Å². The third kappa shape index (κ3) is 5.01. The molecule has 1 fully saturated rings. The smallest absolute Gasteiger partial charge is 0.255 e. The molecule has 0 unspecified atom stereocenters. The largest absolute Gasteiger partial charge is 0.491 e. The second kappa shape index (κ2) is 9.19. The number of hydrogen-bond donors (Lipinski definition) is 3. The van der Waals surface area contributed by atoms with E-state index >= 15 is 0 Å². The van der Waals surface area contributed by atoms with Crippen LogP contribution in [0.25, 0.3) is 0 Å². The Kier molecular flexibility index (Phi) is 6.65. The molecule has 1 saturated heterocycles. The number of nitrogens with two attached hydrogens (primary N) is 1. The van der Waals surface area contributed by atoms with E-state index in [-0.39, 0.29) is 61.4 Å². The van der Waals surface area contributed by atoms with Crippen LogP contribution in [-0.4, -0.2) is 74.2 Å². The van der Waals surface area contributed by atoms with Crippen LogP contribution in [0, 0.1) is 5.82 Å². The zero-order chi connectivity index (χ0) is 21.0. The lowest BCUT2D eigenvalue weighted by Gasteiger charge is -2.28. The number of nitrogens with zero attached hydrogens (tertiary/aromatic N) is 1. The molecule has 0 spiro atoms. The summed E-state index contributed by atoms with van der Waals surface area (Å²) in [5.41, 5.74) is 6.11.